The van der Waals surface area contributed by atoms with Crippen LogP contribution in [0.2, 0.25) is 0 Å². The van der Waals surface area contributed by atoms with E-state index in [1.807, 2.05) is 25.1 Å². The van der Waals surface area contributed by atoms with Gasteiger partial charge in [-0.3, -0.25) is 19.6 Å². The smallest absolute Gasteiger partial charge is 0.234 e. The summed E-state index contributed by atoms with van der Waals surface area (Å²) >= 11 is 0. The lowest BCUT2D eigenvalue weighted by Gasteiger charge is -2.28. The SMILES string of the molecule is CC1CC(=O)N(c2ccc(-c3ccn[nH]3)cc2)C(=O)C1. The Morgan fingerprint density at radius 3 is 2.30 bits per heavy atom. The van der Waals surface area contributed by atoms with Crippen LogP contribution in [-0.2, 0) is 9.59 Å². The lowest BCUT2D eigenvalue weighted by atomic mass is 9.97. The first kappa shape index (κ1) is 12.6. The van der Waals surface area contributed by atoms with Crippen LogP contribution >= 0.6 is 0 Å². The minimum absolute atomic E-state index is 0.122. The van der Waals surface area contributed by atoms with Crippen molar-refractivity contribution in [2.75, 3.05) is 4.90 Å². The molecule has 2 aromatic rings. The molecule has 102 valence electrons. The van der Waals surface area contributed by atoms with Gasteiger partial charge in [-0.25, -0.2) is 0 Å². The van der Waals surface area contributed by atoms with Crippen LogP contribution in [0, 0.1) is 5.92 Å². The minimum Gasteiger partial charge on any atom is -0.278 e. The maximum Gasteiger partial charge on any atom is 0.234 e. The highest BCUT2D eigenvalue weighted by Crippen LogP contribution is 2.27. The van der Waals surface area contributed by atoms with E-state index in [9.17, 15) is 9.59 Å². The Balaban J connectivity index is 1.87. The number of amides is 2. The Bertz CT molecular complexity index is 614. The molecule has 2 heterocycles. The molecule has 0 unspecified atom stereocenters. The zero-order valence-electron chi connectivity index (χ0n) is 11.2. The molecule has 1 fully saturated rings. The van der Waals surface area contributed by atoms with Crippen molar-refractivity contribution in [1.82, 2.24) is 10.2 Å². The molecule has 0 saturated carbocycles. The van der Waals surface area contributed by atoms with E-state index in [1.54, 1.807) is 18.3 Å². The van der Waals surface area contributed by atoms with Crippen molar-refractivity contribution in [1.29, 1.82) is 0 Å². The highest BCUT2D eigenvalue weighted by atomic mass is 16.2. The maximum atomic E-state index is 12.0. The molecule has 2 amide bonds. The van der Waals surface area contributed by atoms with Gasteiger partial charge in [-0.15, -0.1) is 0 Å². The third kappa shape index (κ3) is 2.22. The van der Waals surface area contributed by atoms with Crippen LogP contribution < -0.4 is 4.90 Å². The molecule has 5 heteroatoms. The Morgan fingerprint density at radius 2 is 1.75 bits per heavy atom. The second kappa shape index (κ2) is 4.92. The standard InChI is InChI=1S/C15H15N3O2/c1-10-8-14(19)18(15(20)9-10)12-4-2-11(3-5-12)13-6-7-16-17-13/h2-7,10H,8-9H2,1H3,(H,16,17). The van der Waals surface area contributed by atoms with E-state index in [0.29, 0.717) is 18.5 Å². The Labute approximate surface area is 116 Å². The number of H-pyrrole nitrogens is 1. The number of aromatic amines is 1. The van der Waals surface area contributed by atoms with Gasteiger partial charge in [0, 0.05) is 19.0 Å². The van der Waals surface area contributed by atoms with Gasteiger partial charge < -0.3 is 0 Å². The Hall–Kier alpha value is -2.43. The summed E-state index contributed by atoms with van der Waals surface area (Å²) in [6.45, 7) is 1.93. The Kier molecular flexibility index (Phi) is 3.10. The molecule has 1 aromatic carbocycles. The van der Waals surface area contributed by atoms with E-state index in [4.69, 9.17) is 0 Å². The second-order valence-corrected chi connectivity index (χ2v) is 5.15. The van der Waals surface area contributed by atoms with Gasteiger partial charge in [0.25, 0.3) is 0 Å². The quantitative estimate of drug-likeness (QED) is 0.851. The van der Waals surface area contributed by atoms with E-state index in [2.05, 4.69) is 10.2 Å². The average molecular weight is 269 g/mol. The van der Waals surface area contributed by atoms with Gasteiger partial charge in [0.15, 0.2) is 0 Å². The van der Waals surface area contributed by atoms with Crippen LogP contribution in [0.15, 0.2) is 36.5 Å². The molecule has 0 atom stereocenters. The second-order valence-electron chi connectivity index (χ2n) is 5.15. The third-order valence-corrected chi connectivity index (χ3v) is 3.48. The van der Waals surface area contributed by atoms with Gasteiger partial charge in [-0.05, 0) is 29.7 Å². The van der Waals surface area contributed by atoms with Crippen LogP contribution in [0.25, 0.3) is 11.3 Å². The first-order valence-corrected chi connectivity index (χ1v) is 6.61. The summed E-state index contributed by atoms with van der Waals surface area (Å²) in [5.74, 6) is -0.110. The molecular formula is C15H15N3O2. The van der Waals surface area contributed by atoms with Crippen LogP contribution in [0.4, 0.5) is 5.69 Å². The predicted octanol–water partition coefficient (Wildman–Crippen LogP) is 2.37. The summed E-state index contributed by atoms with van der Waals surface area (Å²) in [6, 6.07) is 9.21. The molecule has 0 radical (unpaired) electrons. The van der Waals surface area contributed by atoms with Gasteiger partial charge in [0.2, 0.25) is 11.8 Å². The molecule has 20 heavy (non-hydrogen) atoms. The molecule has 1 aliphatic rings. The summed E-state index contributed by atoms with van der Waals surface area (Å²) in [6.07, 6.45) is 2.53. The lowest BCUT2D eigenvalue weighted by Crippen LogP contribution is -2.42. The van der Waals surface area contributed by atoms with Crippen molar-refractivity contribution in [3.05, 3.63) is 36.5 Å². The van der Waals surface area contributed by atoms with Crippen LogP contribution in [-0.4, -0.2) is 22.0 Å². The average Bonchev–Trinajstić information content (AvgIpc) is 2.92. The first-order valence-electron chi connectivity index (χ1n) is 6.61. The van der Waals surface area contributed by atoms with Gasteiger partial charge in [0.1, 0.15) is 0 Å². The Morgan fingerprint density at radius 1 is 1.10 bits per heavy atom. The lowest BCUT2D eigenvalue weighted by molar-refractivity contribution is -0.130. The summed E-state index contributed by atoms with van der Waals surface area (Å²) in [4.78, 5) is 25.3. The fourth-order valence-corrected chi connectivity index (χ4v) is 2.48. The summed E-state index contributed by atoms with van der Waals surface area (Å²) in [7, 11) is 0. The van der Waals surface area contributed by atoms with Gasteiger partial charge >= 0.3 is 0 Å². The number of nitrogens with zero attached hydrogens (tertiary/aromatic N) is 2. The van der Waals surface area contributed by atoms with Crippen LogP contribution in [0.3, 0.4) is 0 Å². The largest absolute Gasteiger partial charge is 0.278 e. The fraction of sp³-hybridized carbons (Fsp3) is 0.267. The van der Waals surface area contributed by atoms with Crippen molar-refractivity contribution in [3.8, 4) is 11.3 Å². The maximum absolute atomic E-state index is 12.0. The molecule has 1 aliphatic heterocycles. The fourth-order valence-electron chi connectivity index (χ4n) is 2.48. The summed E-state index contributed by atoms with van der Waals surface area (Å²) in [5, 5.41) is 6.78. The molecule has 0 bridgehead atoms. The van der Waals surface area contributed by atoms with Crippen molar-refractivity contribution < 1.29 is 9.59 Å². The monoisotopic (exact) mass is 269 g/mol. The van der Waals surface area contributed by atoms with Crippen LogP contribution in [0.1, 0.15) is 19.8 Å². The van der Waals surface area contributed by atoms with E-state index in [-0.39, 0.29) is 17.7 Å². The third-order valence-electron chi connectivity index (χ3n) is 3.48. The topological polar surface area (TPSA) is 66.1 Å². The van der Waals surface area contributed by atoms with Crippen molar-refractivity contribution in [2.45, 2.75) is 19.8 Å². The number of hydrogen-bond acceptors (Lipinski definition) is 3. The minimum atomic E-state index is -0.122. The number of piperidine rings is 1. The number of hydrogen-bond donors (Lipinski definition) is 1. The zero-order chi connectivity index (χ0) is 14.1. The molecule has 0 spiro atoms. The van der Waals surface area contributed by atoms with E-state index in [1.165, 1.54) is 4.90 Å². The number of nitrogens with one attached hydrogen (secondary N) is 1. The summed E-state index contributed by atoms with van der Waals surface area (Å²) in [5.41, 5.74) is 2.51. The number of rotatable bonds is 2. The van der Waals surface area contributed by atoms with E-state index < -0.39 is 0 Å². The number of benzene rings is 1. The van der Waals surface area contributed by atoms with E-state index >= 15 is 0 Å². The summed E-state index contributed by atoms with van der Waals surface area (Å²) < 4.78 is 0. The van der Waals surface area contributed by atoms with Gasteiger partial charge in [0.05, 0.1) is 11.4 Å². The molecule has 1 N–H and O–H groups in total. The van der Waals surface area contributed by atoms with Gasteiger partial charge in [-0.1, -0.05) is 19.1 Å². The molecule has 5 nitrogen and oxygen atoms in total. The van der Waals surface area contributed by atoms with Crippen molar-refractivity contribution in [2.24, 2.45) is 5.92 Å². The number of aromatic nitrogens is 2. The normalized spacial score (nSPS) is 16.8. The molecule has 0 aliphatic carbocycles. The van der Waals surface area contributed by atoms with Crippen LogP contribution in [0.5, 0.6) is 0 Å². The van der Waals surface area contributed by atoms with E-state index in [0.717, 1.165) is 11.3 Å². The van der Waals surface area contributed by atoms with Gasteiger partial charge in [-0.2, -0.15) is 5.10 Å². The zero-order valence-corrected chi connectivity index (χ0v) is 11.2. The highest BCUT2D eigenvalue weighted by Gasteiger charge is 2.31. The molecule has 1 aromatic heterocycles. The molecular weight excluding hydrogens is 254 g/mol. The number of carbonyl (C=O) groups is 2. The van der Waals surface area contributed by atoms with Crippen molar-refractivity contribution >= 4 is 17.5 Å². The first-order chi connectivity index (χ1) is 9.65. The highest BCUT2D eigenvalue weighted by molar-refractivity contribution is 6.16. The molecule has 1 saturated heterocycles. The van der Waals surface area contributed by atoms with Crippen molar-refractivity contribution in [3.63, 3.8) is 0 Å². The molecule has 3 rings (SSSR count). The number of carbonyl (C=O) groups excluding carboxylic acids is 2. The predicted molar refractivity (Wildman–Crippen MR) is 74.9 cm³/mol. The number of anilines is 1. The number of imide groups is 1.